The van der Waals surface area contributed by atoms with E-state index in [4.69, 9.17) is 0 Å². The van der Waals surface area contributed by atoms with Crippen LogP contribution < -0.4 is 5.32 Å². The van der Waals surface area contributed by atoms with Crippen molar-refractivity contribution >= 4 is 5.97 Å². The number of halogens is 2. The first-order chi connectivity index (χ1) is 8.53. The van der Waals surface area contributed by atoms with Crippen molar-refractivity contribution in [3.05, 3.63) is 0 Å². The number of hydrogen-bond donors (Lipinski definition) is 2. The number of nitrogens with one attached hydrogen (secondary N) is 1. The number of ether oxygens (including phenoxy) is 1. The lowest BCUT2D eigenvalue weighted by atomic mass is 9.85. The van der Waals surface area contributed by atoms with Crippen LogP contribution in [-0.2, 0) is 9.53 Å². The molecule has 18 heavy (non-hydrogen) atoms. The molecule has 3 atom stereocenters. The molecule has 1 saturated carbocycles. The van der Waals surface area contributed by atoms with Crippen molar-refractivity contribution in [2.24, 2.45) is 5.92 Å². The molecule has 0 spiro atoms. The van der Waals surface area contributed by atoms with Gasteiger partial charge in [-0.3, -0.25) is 0 Å². The van der Waals surface area contributed by atoms with Crippen molar-refractivity contribution in [1.82, 2.24) is 5.32 Å². The molecule has 0 bridgehead atoms. The molecule has 1 heterocycles. The molecule has 0 aromatic heterocycles. The van der Waals surface area contributed by atoms with Gasteiger partial charge in [0.25, 0.3) is 0 Å². The molecule has 3 unspecified atom stereocenters. The van der Waals surface area contributed by atoms with Crippen LogP contribution in [0.3, 0.4) is 0 Å². The van der Waals surface area contributed by atoms with Crippen molar-refractivity contribution in [2.75, 3.05) is 13.2 Å². The van der Waals surface area contributed by atoms with Crippen LogP contribution in [0.15, 0.2) is 0 Å². The molecule has 4 nitrogen and oxygen atoms in total. The van der Waals surface area contributed by atoms with E-state index in [0.29, 0.717) is 0 Å². The Morgan fingerprint density at radius 1 is 1.39 bits per heavy atom. The zero-order valence-corrected chi connectivity index (χ0v) is 10.2. The standard InChI is InChI=1S/C12H19F2NO3/c13-12(14)5-9(18-11(12)17)6-15-10-4-2-1-3-8(10)7-16/h8-10,15-16H,1-7H2. The Kier molecular flexibility index (Phi) is 4.17. The molecule has 0 amide bonds. The number of esters is 1. The average molecular weight is 263 g/mol. The van der Waals surface area contributed by atoms with Gasteiger partial charge in [-0.1, -0.05) is 12.8 Å². The molecule has 1 saturated heterocycles. The van der Waals surface area contributed by atoms with E-state index in [1.54, 1.807) is 0 Å². The summed E-state index contributed by atoms with van der Waals surface area (Å²) in [4.78, 5) is 10.8. The van der Waals surface area contributed by atoms with Crippen LogP contribution in [0.5, 0.6) is 0 Å². The lowest BCUT2D eigenvalue weighted by Crippen LogP contribution is -2.43. The third kappa shape index (κ3) is 2.98. The largest absolute Gasteiger partial charge is 0.456 e. The minimum atomic E-state index is -3.34. The van der Waals surface area contributed by atoms with Gasteiger partial charge in [0.2, 0.25) is 0 Å². The van der Waals surface area contributed by atoms with E-state index in [1.807, 2.05) is 0 Å². The molecular weight excluding hydrogens is 244 g/mol. The van der Waals surface area contributed by atoms with Crippen molar-refractivity contribution in [1.29, 1.82) is 0 Å². The number of carbonyl (C=O) groups excluding carboxylic acids is 1. The Bertz CT molecular complexity index is 312. The topological polar surface area (TPSA) is 58.6 Å². The molecule has 104 valence electrons. The van der Waals surface area contributed by atoms with Gasteiger partial charge in [0.1, 0.15) is 6.10 Å². The molecule has 2 rings (SSSR count). The van der Waals surface area contributed by atoms with Crippen LogP contribution in [0.25, 0.3) is 0 Å². The van der Waals surface area contributed by atoms with Gasteiger partial charge in [0, 0.05) is 19.2 Å². The quantitative estimate of drug-likeness (QED) is 0.745. The fourth-order valence-electron chi connectivity index (χ4n) is 2.74. The number of aliphatic hydroxyl groups is 1. The first-order valence-electron chi connectivity index (χ1n) is 6.46. The molecule has 2 N–H and O–H groups in total. The summed E-state index contributed by atoms with van der Waals surface area (Å²) >= 11 is 0. The van der Waals surface area contributed by atoms with Gasteiger partial charge >= 0.3 is 11.9 Å². The third-order valence-corrected chi connectivity index (χ3v) is 3.81. The number of carbonyl (C=O) groups is 1. The highest BCUT2D eigenvalue weighted by Gasteiger charge is 2.50. The van der Waals surface area contributed by atoms with E-state index in [9.17, 15) is 18.7 Å². The number of aliphatic hydroxyl groups excluding tert-OH is 1. The van der Waals surface area contributed by atoms with Crippen LogP contribution in [-0.4, -0.2) is 42.3 Å². The number of cyclic esters (lactones) is 1. The lowest BCUT2D eigenvalue weighted by molar-refractivity contribution is -0.159. The summed E-state index contributed by atoms with van der Waals surface area (Å²) < 4.78 is 30.5. The van der Waals surface area contributed by atoms with Gasteiger partial charge in [-0.25, -0.2) is 4.79 Å². The van der Waals surface area contributed by atoms with Gasteiger partial charge in [-0.15, -0.1) is 0 Å². The predicted molar refractivity (Wildman–Crippen MR) is 60.3 cm³/mol. The van der Waals surface area contributed by atoms with Crippen LogP contribution in [0.2, 0.25) is 0 Å². The summed E-state index contributed by atoms with van der Waals surface area (Å²) in [7, 11) is 0. The van der Waals surface area contributed by atoms with Gasteiger partial charge in [-0.05, 0) is 18.8 Å². The van der Waals surface area contributed by atoms with E-state index in [-0.39, 0.29) is 25.1 Å². The third-order valence-electron chi connectivity index (χ3n) is 3.81. The molecule has 1 aliphatic heterocycles. The Morgan fingerprint density at radius 2 is 2.11 bits per heavy atom. The van der Waals surface area contributed by atoms with Gasteiger partial charge in [0.15, 0.2) is 0 Å². The maximum Gasteiger partial charge on any atom is 0.377 e. The molecular formula is C12H19F2NO3. The number of alkyl halides is 2. The minimum Gasteiger partial charge on any atom is -0.456 e. The molecule has 6 heteroatoms. The summed E-state index contributed by atoms with van der Waals surface area (Å²) in [6, 6.07) is 0.136. The lowest BCUT2D eigenvalue weighted by Gasteiger charge is -2.31. The Morgan fingerprint density at radius 3 is 2.72 bits per heavy atom. The predicted octanol–water partition coefficient (Wildman–Crippen LogP) is 1.08. The van der Waals surface area contributed by atoms with Gasteiger partial charge in [0.05, 0.1) is 6.42 Å². The van der Waals surface area contributed by atoms with Gasteiger partial charge in [-0.2, -0.15) is 8.78 Å². The van der Waals surface area contributed by atoms with E-state index in [1.165, 1.54) is 0 Å². The Hall–Kier alpha value is -0.750. The molecule has 2 aliphatic rings. The van der Waals surface area contributed by atoms with Crippen molar-refractivity contribution in [3.8, 4) is 0 Å². The van der Waals surface area contributed by atoms with E-state index in [0.717, 1.165) is 25.7 Å². The van der Waals surface area contributed by atoms with Crippen molar-refractivity contribution in [3.63, 3.8) is 0 Å². The summed E-state index contributed by atoms with van der Waals surface area (Å²) in [5.74, 6) is -4.58. The smallest absolute Gasteiger partial charge is 0.377 e. The highest BCUT2D eigenvalue weighted by atomic mass is 19.3. The highest BCUT2D eigenvalue weighted by Crippen LogP contribution is 2.31. The Balaban J connectivity index is 1.79. The fraction of sp³-hybridized carbons (Fsp3) is 0.917. The average Bonchev–Trinajstić information content (AvgIpc) is 2.61. The van der Waals surface area contributed by atoms with Crippen LogP contribution >= 0.6 is 0 Å². The second kappa shape index (κ2) is 5.48. The van der Waals surface area contributed by atoms with Crippen LogP contribution in [0.4, 0.5) is 8.78 Å². The maximum absolute atomic E-state index is 13.0. The van der Waals surface area contributed by atoms with Gasteiger partial charge < -0.3 is 15.2 Å². The molecule has 0 aromatic rings. The summed E-state index contributed by atoms with van der Waals surface area (Å²) in [5.41, 5.74) is 0. The minimum absolute atomic E-state index is 0.109. The zero-order valence-electron chi connectivity index (χ0n) is 10.2. The molecule has 0 radical (unpaired) electrons. The SMILES string of the molecule is O=C1OC(CNC2CCCCC2CO)CC1(F)F. The molecule has 1 aliphatic carbocycles. The monoisotopic (exact) mass is 263 g/mol. The maximum atomic E-state index is 13.0. The van der Waals surface area contributed by atoms with Crippen LogP contribution in [0, 0.1) is 5.92 Å². The first kappa shape index (κ1) is 13.7. The summed E-state index contributed by atoms with van der Waals surface area (Å²) in [6.07, 6.45) is 2.76. The highest BCUT2D eigenvalue weighted by molar-refractivity contribution is 5.79. The van der Waals surface area contributed by atoms with Crippen LogP contribution in [0.1, 0.15) is 32.1 Å². The summed E-state index contributed by atoms with van der Waals surface area (Å²) in [6.45, 7) is 0.348. The molecule has 2 fully saturated rings. The zero-order chi connectivity index (χ0) is 13.2. The van der Waals surface area contributed by atoms with E-state index < -0.39 is 24.4 Å². The van der Waals surface area contributed by atoms with Crippen molar-refractivity contribution in [2.45, 2.75) is 50.2 Å². The first-order valence-corrected chi connectivity index (χ1v) is 6.46. The number of hydrogen-bond acceptors (Lipinski definition) is 4. The second-order valence-electron chi connectivity index (χ2n) is 5.18. The fourth-order valence-corrected chi connectivity index (χ4v) is 2.74. The summed E-state index contributed by atoms with van der Waals surface area (Å²) in [5, 5.41) is 12.4. The van der Waals surface area contributed by atoms with E-state index in [2.05, 4.69) is 10.1 Å². The molecule has 0 aromatic carbocycles. The second-order valence-corrected chi connectivity index (χ2v) is 5.18. The van der Waals surface area contributed by atoms with E-state index >= 15 is 0 Å². The number of rotatable bonds is 4. The van der Waals surface area contributed by atoms with Crippen molar-refractivity contribution < 1.29 is 23.4 Å². The normalized spacial score (nSPS) is 35.5. The Labute approximate surface area is 105 Å².